The summed E-state index contributed by atoms with van der Waals surface area (Å²) in [6, 6.07) is 3.06. The van der Waals surface area contributed by atoms with E-state index in [9.17, 15) is 14.3 Å². The normalized spacial score (nSPS) is 13.2. The van der Waals surface area contributed by atoms with Gasteiger partial charge in [0.15, 0.2) is 0 Å². The Morgan fingerprint density at radius 1 is 1.47 bits per heavy atom. The van der Waals surface area contributed by atoms with Gasteiger partial charge in [-0.2, -0.15) is 0 Å². The van der Waals surface area contributed by atoms with Gasteiger partial charge in [-0.3, -0.25) is 4.79 Å². The molecule has 0 spiro atoms. The second kappa shape index (κ2) is 6.01. The Labute approximate surface area is 121 Å². The number of nitrogens with one attached hydrogen (secondary N) is 1. The summed E-state index contributed by atoms with van der Waals surface area (Å²) in [6.45, 7) is 7.13. The smallest absolute Gasteiger partial charge is 0.252 e. The maximum absolute atomic E-state index is 14.1. The number of benzene rings is 1. The summed E-state index contributed by atoms with van der Waals surface area (Å²) in [6.07, 6.45) is -0.622. The number of rotatable bonds is 3. The lowest BCUT2D eigenvalue weighted by Crippen LogP contribution is -2.41. The number of halogens is 2. The Morgan fingerprint density at radius 2 is 2.05 bits per heavy atom. The van der Waals surface area contributed by atoms with E-state index in [4.69, 9.17) is 0 Å². The van der Waals surface area contributed by atoms with Crippen molar-refractivity contribution >= 4 is 21.8 Å². The zero-order chi connectivity index (χ0) is 14.8. The summed E-state index contributed by atoms with van der Waals surface area (Å²) >= 11 is 3.09. The largest absolute Gasteiger partial charge is 0.393 e. The van der Waals surface area contributed by atoms with Crippen LogP contribution in [0.1, 0.15) is 43.6 Å². The van der Waals surface area contributed by atoms with E-state index in [1.807, 2.05) is 20.8 Å². The van der Waals surface area contributed by atoms with E-state index in [-0.39, 0.29) is 27.9 Å². The third-order valence-electron chi connectivity index (χ3n) is 2.43. The van der Waals surface area contributed by atoms with Crippen LogP contribution in [0, 0.1) is 5.82 Å². The molecule has 1 atom stereocenters. The number of amides is 1. The van der Waals surface area contributed by atoms with Crippen molar-refractivity contribution in [3.63, 3.8) is 0 Å². The van der Waals surface area contributed by atoms with Crippen molar-refractivity contribution in [3.05, 3.63) is 33.5 Å². The summed E-state index contributed by atoms with van der Waals surface area (Å²) in [4.78, 5) is 12.2. The second-order valence-electron chi connectivity index (χ2n) is 5.64. The molecular weight excluding hydrogens is 313 g/mol. The fourth-order valence-corrected chi connectivity index (χ4v) is 2.08. The molecular formula is C14H19BrFNO2. The standard InChI is InChI=1S/C14H19BrFNO2/c1-8(18)7-10-9(5-6-11(15)12(10)16)13(19)17-14(2,3)4/h5-6,8,18H,7H2,1-4H3,(H,17,19)/t8-/m1/s1. The molecule has 0 bridgehead atoms. The second-order valence-corrected chi connectivity index (χ2v) is 6.50. The van der Waals surface area contributed by atoms with Crippen LogP contribution in [0.2, 0.25) is 0 Å². The minimum Gasteiger partial charge on any atom is -0.393 e. The third-order valence-corrected chi connectivity index (χ3v) is 3.04. The Balaban J connectivity index is 3.19. The first-order chi connectivity index (χ1) is 8.61. The van der Waals surface area contributed by atoms with Crippen molar-refractivity contribution in [1.82, 2.24) is 5.32 Å². The van der Waals surface area contributed by atoms with Gasteiger partial charge in [0.25, 0.3) is 5.91 Å². The summed E-state index contributed by atoms with van der Waals surface area (Å²) in [5, 5.41) is 12.2. The molecule has 1 aromatic rings. The highest BCUT2D eigenvalue weighted by atomic mass is 79.9. The van der Waals surface area contributed by atoms with Crippen LogP contribution in [0.5, 0.6) is 0 Å². The highest BCUT2D eigenvalue weighted by Gasteiger charge is 2.22. The molecule has 2 N–H and O–H groups in total. The van der Waals surface area contributed by atoms with E-state index in [1.165, 1.54) is 6.07 Å². The fourth-order valence-electron chi connectivity index (χ4n) is 1.71. The molecule has 1 amide bonds. The maximum atomic E-state index is 14.1. The van der Waals surface area contributed by atoms with Gasteiger partial charge in [0.05, 0.1) is 10.6 Å². The van der Waals surface area contributed by atoms with Crippen LogP contribution >= 0.6 is 15.9 Å². The van der Waals surface area contributed by atoms with Gasteiger partial charge < -0.3 is 10.4 Å². The van der Waals surface area contributed by atoms with E-state index in [0.29, 0.717) is 0 Å². The van der Waals surface area contributed by atoms with Gasteiger partial charge in [-0.1, -0.05) is 0 Å². The Hall–Kier alpha value is -0.940. The highest BCUT2D eigenvalue weighted by Crippen LogP contribution is 2.24. The van der Waals surface area contributed by atoms with Gasteiger partial charge in [-0.25, -0.2) is 4.39 Å². The molecule has 0 aromatic heterocycles. The molecule has 0 radical (unpaired) electrons. The Kier molecular flexibility index (Phi) is 5.10. The molecule has 0 heterocycles. The lowest BCUT2D eigenvalue weighted by atomic mass is 9.99. The molecule has 0 saturated carbocycles. The molecule has 0 fully saturated rings. The van der Waals surface area contributed by atoms with Gasteiger partial charge >= 0.3 is 0 Å². The van der Waals surface area contributed by atoms with Gasteiger partial charge in [0.1, 0.15) is 5.82 Å². The fraction of sp³-hybridized carbons (Fsp3) is 0.500. The van der Waals surface area contributed by atoms with Crippen LogP contribution in [-0.2, 0) is 6.42 Å². The van der Waals surface area contributed by atoms with Gasteiger partial charge in [0.2, 0.25) is 0 Å². The molecule has 0 aliphatic heterocycles. The number of carbonyl (C=O) groups excluding carboxylic acids is 1. The predicted molar refractivity (Wildman–Crippen MR) is 76.7 cm³/mol. The maximum Gasteiger partial charge on any atom is 0.252 e. The van der Waals surface area contributed by atoms with Gasteiger partial charge in [-0.05, 0) is 55.8 Å². The quantitative estimate of drug-likeness (QED) is 0.894. The van der Waals surface area contributed by atoms with Crippen LogP contribution in [0.25, 0.3) is 0 Å². The van der Waals surface area contributed by atoms with E-state index >= 15 is 0 Å². The average molecular weight is 332 g/mol. The van der Waals surface area contributed by atoms with E-state index in [2.05, 4.69) is 21.2 Å². The summed E-state index contributed by atoms with van der Waals surface area (Å²) in [7, 11) is 0. The molecule has 0 unspecified atom stereocenters. The lowest BCUT2D eigenvalue weighted by molar-refractivity contribution is 0.0917. The molecule has 1 rings (SSSR count). The summed E-state index contributed by atoms with van der Waals surface area (Å²) in [5.41, 5.74) is 0.0885. The third kappa shape index (κ3) is 4.58. The van der Waals surface area contributed by atoms with Crippen molar-refractivity contribution < 1.29 is 14.3 Å². The molecule has 19 heavy (non-hydrogen) atoms. The van der Waals surface area contributed by atoms with Gasteiger partial charge in [-0.15, -0.1) is 0 Å². The molecule has 1 aromatic carbocycles. The zero-order valence-corrected chi connectivity index (χ0v) is 13.1. The van der Waals surface area contributed by atoms with Crippen molar-refractivity contribution in [2.75, 3.05) is 0 Å². The molecule has 3 nitrogen and oxygen atoms in total. The van der Waals surface area contributed by atoms with E-state index < -0.39 is 17.5 Å². The molecule has 0 saturated heterocycles. The average Bonchev–Trinajstić information content (AvgIpc) is 2.21. The summed E-state index contributed by atoms with van der Waals surface area (Å²) in [5.74, 6) is -0.836. The number of hydrogen-bond acceptors (Lipinski definition) is 2. The molecule has 0 aliphatic rings. The van der Waals surface area contributed by atoms with Crippen LogP contribution in [0.4, 0.5) is 4.39 Å². The van der Waals surface area contributed by atoms with Gasteiger partial charge in [0, 0.05) is 23.1 Å². The highest BCUT2D eigenvalue weighted by molar-refractivity contribution is 9.10. The van der Waals surface area contributed by atoms with E-state index in [1.54, 1.807) is 13.0 Å². The topological polar surface area (TPSA) is 49.3 Å². The molecule has 106 valence electrons. The van der Waals surface area contributed by atoms with E-state index in [0.717, 1.165) is 0 Å². The van der Waals surface area contributed by atoms with Crippen molar-refractivity contribution in [2.24, 2.45) is 0 Å². The van der Waals surface area contributed by atoms with Crippen LogP contribution < -0.4 is 5.32 Å². The zero-order valence-electron chi connectivity index (χ0n) is 11.6. The first-order valence-electron chi connectivity index (χ1n) is 6.09. The number of aliphatic hydroxyl groups is 1. The minimum atomic E-state index is -0.718. The SMILES string of the molecule is C[C@@H](O)Cc1c(C(=O)NC(C)(C)C)ccc(Br)c1F. The minimum absolute atomic E-state index is 0.0954. The summed E-state index contributed by atoms with van der Waals surface area (Å²) < 4.78 is 14.4. The number of carbonyl (C=O) groups is 1. The Morgan fingerprint density at radius 3 is 2.53 bits per heavy atom. The van der Waals surface area contributed by atoms with Crippen LogP contribution in [0.15, 0.2) is 16.6 Å². The number of hydrogen-bond donors (Lipinski definition) is 2. The monoisotopic (exact) mass is 331 g/mol. The van der Waals surface area contributed by atoms with Crippen molar-refractivity contribution in [2.45, 2.75) is 45.8 Å². The first-order valence-corrected chi connectivity index (χ1v) is 6.88. The lowest BCUT2D eigenvalue weighted by Gasteiger charge is -2.22. The first kappa shape index (κ1) is 16.1. The van der Waals surface area contributed by atoms with Crippen LogP contribution in [0.3, 0.4) is 0 Å². The molecule has 5 heteroatoms. The molecule has 0 aliphatic carbocycles. The predicted octanol–water partition coefficient (Wildman–Crippen LogP) is 3.04. The number of aliphatic hydroxyl groups excluding tert-OH is 1. The Bertz CT molecular complexity index is 481. The van der Waals surface area contributed by atoms with Crippen LogP contribution in [-0.4, -0.2) is 22.7 Å². The van der Waals surface area contributed by atoms with Crippen molar-refractivity contribution in [1.29, 1.82) is 0 Å². The van der Waals surface area contributed by atoms with Crippen molar-refractivity contribution in [3.8, 4) is 0 Å².